The molecule has 4 amide bonds. The molecule has 37 heavy (non-hydrogen) atoms. The van der Waals surface area contributed by atoms with Crippen molar-refractivity contribution in [1.29, 1.82) is 0 Å². The second-order valence-corrected chi connectivity index (χ2v) is 11.2. The molecular formula is C23H24Br4N4O6. The Labute approximate surface area is 247 Å². The van der Waals surface area contributed by atoms with Crippen molar-refractivity contribution in [2.45, 2.75) is 33.1 Å². The predicted molar refractivity (Wildman–Crippen MR) is 151 cm³/mol. The van der Waals surface area contributed by atoms with E-state index >= 15 is 0 Å². The van der Waals surface area contributed by atoms with Gasteiger partial charge in [-0.25, -0.2) is 0 Å². The first kappa shape index (κ1) is 31.1. The topological polar surface area (TPSA) is 135 Å². The summed E-state index contributed by atoms with van der Waals surface area (Å²) >= 11 is 13.5. The summed E-state index contributed by atoms with van der Waals surface area (Å²) in [6, 6.07) is 7.28. The molecule has 0 spiro atoms. The van der Waals surface area contributed by atoms with Crippen molar-refractivity contribution in [2.24, 2.45) is 0 Å². The predicted octanol–water partition coefficient (Wildman–Crippen LogP) is 4.28. The van der Waals surface area contributed by atoms with Crippen LogP contribution in [-0.2, 0) is 19.2 Å². The van der Waals surface area contributed by atoms with E-state index in [1.807, 2.05) is 26.0 Å². The van der Waals surface area contributed by atoms with Crippen LogP contribution in [-0.4, -0.2) is 36.8 Å². The number of nitrogens with one attached hydrogen (secondary N) is 4. The van der Waals surface area contributed by atoms with Crippen LogP contribution in [0.3, 0.4) is 0 Å². The zero-order valence-corrected chi connectivity index (χ0v) is 26.2. The highest BCUT2D eigenvalue weighted by molar-refractivity contribution is 9.11. The van der Waals surface area contributed by atoms with Crippen molar-refractivity contribution in [3.8, 4) is 11.5 Å². The third-order valence-electron chi connectivity index (χ3n) is 4.57. The van der Waals surface area contributed by atoms with Gasteiger partial charge in [0.05, 0.1) is 8.95 Å². The summed E-state index contributed by atoms with van der Waals surface area (Å²) < 4.78 is 14.1. The van der Waals surface area contributed by atoms with Crippen LogP contribution in [0.4, 0.5) is 0 Å². The number of amides is 4. The van der Waals surface area contributed by atoms with E-state index in [-0.39, 0.29) is 32.5 Å². The van der Waals surface area contributed by atoms with Crippen molar-refractivity contribution < 1.29 is 28.7 Å². The van der Waals surface area contributed by atoms with E-state index < -0.39 is 23.6 Å². The Bertz CT molecular complexity index is 1040. The summed E-state index contributed by atoms with van der Waals surface area (Å²) in [7, 11) is 0. The molecule has 0 unspecified atom stereocenters. The number of aryl methyl sites for hydroxylation is 2. The van der Waals surface area contributed by atoms with Gasteiger partial charge >= 0.3 is 0 Å². The molecule has 0 aromatic heterocycles. The van der Waals surface area contributed by atoms with Crippen LogP contribution in [0.2, 0.25) is 0 Å². The number of halogens is 4. The monoisotopic (exact) mass is 768 g/mol. The molecule has 10 nitrogen and oxygen atoms in total. The Balaban J connectivity index is 1.59. The van der Waals surface area contributed by atoms with E-state index in [1.54, 1.807) is 12.1 Å². The SMILES string of the molecule is Cc1cc(Br)cc(Br)c1OCC(=O)NNC(=O)CCCC(=O)NNC(=O)COc1c(C)cc(Br)cc1Br. The second-order valence-electron chi connectivity index (χ2n) is 7.69. The first-order valence-electron chi connectivity index (χ1n) is 10.8. The lowest BCUT2D eigenvalue weighted by Crippen LogP contribution is -2.44. The zero-order valence-electron chi connectivity index (χ0n) is 19.8. The largest absolute Gasteiger partial charge is 0.482 e. The van der Waals surface area contributed by atoms with Crippen molar-refractivity contribution in [3.05, 3.63) is 53.3 Å². The van der Waals surface area contributed by atoms with Crippen LogP contribution in [0.1, 0.15) is 30.4 Å². The van der Waals surface area contributed by atoms with Gasteiger partial charge in [0.2, 0.25) is 11.8 Å². The summed E-state index contributed by atoms with van der Waals surface area (Å²) in [5.41, 5.74) is 10.7. The maximum absolute atomic E-state index is 11.9. The molecule has 0 bridgehead atoms. The van der Waals surface area contributed by atoms with Crippen molar-refractivity contribution in [3.63, 3.8) is 0 Å². The average Bonchev–Trinajstić information content (AvgIpc) is 2.80. The quantitative estimate of drug-likeness (QED) is 0.267. The van der Waals surface area contributed by atoms with E-state index in [2.05, 4.69) is 85.4 Å². The molecule has 0 aliphatic carbocycles. The molecule has 0 fully saturated rings. The zero-order chi connectivity index (χ0) is 27.5. The van der Waals surface area contributed by atoms with Gasteiger partial charge in [-0.15, -0.1) is 0 Å². The minimum Gasteiger partial charge on any atom is -0.482 e. The van der Waals surface area contributed by atoms with Crippen LogP contribution in [0.25, 0.3) is 0 Å². The van der Waals surface area contributed by atoms with E-state index in [0.29, 0.717) is 20.4 Å². The Morgan fingerprint density at radius 2 is 0.973 bits per heavy atom. The Kier molecular flexibility index (Phi) is 12.8. The van der Waals surface area contributed by atoms with Gasteiger partial charge in [0.1, 0.15) is 11.5 Å². The summed E-state index contributed by atoms with van der Waals surface area (Å²) in [4.78, 5) is 47.7. The number of hydrazine groups is 2. The molecule has 0 saturated heterocycles. The number of hydrogen-bond acceptors (Lipinski definition) is 6. The highest BCUT2D eigenvalue weighted by Gasteiger charge is 2.13. The number of benzene rings is 2. The minimum atomic E-state index is -0.546. The van der Waals surface area contributed by atoms with Gasteiger partial charge in [0, 0.05) is 21.8 Å². The first-order valence-corrected chi connectivity index (χ1v) is 14.0. The molecular weight excluding hydrogens is 748 g/mol. The molecule has 14 heteroatoms. The number of rotatable bonds is 10. The second kappa shape index (κ2) is 15.3. The van der Waals surface area contributed by atoms with Gasteiger partial charge in [0.15, 0.2) is 13.2 Å². The Hall–Kier alpha value is -2.16. The molecule has 0 aliphatic rings. The minimum absolute atomic E-state index is 0.0140. The highest BCUT2D eigenvalue weighted by Crippen LogP contribution is 2.33. The van der Waals surface area contributed by atoms with E-state index in [0.717, 1.165) is 20.1 Å². The molecule has 2 aromatic carbocycles. The van der Waals surface area contributed by atoms with Crippen LogP contribution < -0.4 is 31.2 Å². The lowest BCUT2D eigenvalue weighted by atomic mass is 10.2. The fourth-order valence-corrected chi connectivity index (χ4v) is 6.01. The summed E-state index contributed by atoms with van der Waals surface area (Å²) in [6.45, 7) is 3.07. The maximum Gasteiger partial charge on any atom is 0.276 e. The van der Waals surface area contributed by atoms with Crippen molar-refractivity contribution in [2.75, 3.05) is 13.2 Å². The fourth-order valence-electron chi connectivity index (χ4n) is 2.90. The van der Waals surface area contributed by atoms with Gasteiger partial charge in [-0.1, -0.05) is 31.9 Å². The first-order chi connectivity index (χ1) is 17.5. The highest BCUT2D eigenvalue weighted by atomic mass is 79.9. The lowest BCUT2D eigenvalue weighted by Gasteiger charge is -2.13. The molecule has 0 atom stereocenters. The van der Waals surface area contributed by atoms with Crippen molar-refractivity contribution >= 4 is 87.3 Å². The average molecular weight is 772 g/mol. The molecule has 200 valence electrons. The van der Waals surface area contributed by atoms with E-state index in [1.165, 1.54) is 0 Å². The molecule has 0 heterocycles. The third-order valence-corrected chi connectivity index (χ3v) is 6.67. The van der Waals surface area contributed by atoms with Gasteiger partial charge in [0.25, 0.3) is 11.8 Å². The molecule has 4 N–H and O–H groups in total. The van der Waals surface area contributed by atoms with Gasteiger partial charge < -0.3 is 9.47 Å². The summed E-state index contributed by atoms with van der Waals surface area (Å²) in [5.74, 6) is -1.01. The fraction of sp³-hybridized carbons (Fsp3) is 0.304. The molecule has 2 rings (SSSR count). The Morgan fingerprint density at radius 1 is 0.622 bits per heavy atom. The number of ether oxygens (including phenoxy) is 2. The standard InChI is InChI=1S/C23H24Br4N4O6/c1-12-6-14(24)8-16(26)22(12)36-10-20(34)30-28-18(32)4-3-5-19(33)29-31-21(35)11-37-23-13(2)7-15(25)9-17(23)27/h6-9H,3-5,10-11H2,1-2H3,(H,28,32)(H,29,33)(H,30,34)(H,31,35). The molecule has 0 aliphatic heterocycles. The van der Waals surface area contributed by atoms with Crippen LogP contribution in [0, 0.1) is 13.8 Å². The van der Waals surface area contributed by atoms with E-state index in [4.69, 9.17) is 9.47 Å². The smallest absolute Gasteiger partial charge is 0.276 e. The number of hydrogen-bond donors (Lipinski definition) is 4. The number of carbonyl (C=O) groups is 4. The van der Waals surface area contributed by atoms with Crippen LogP contribution in [0.15, 0.2) is 42.2 Å². The molecule has 2 aromatic rings. The van der Waals surface area contributed by atoms with Gasteiger partial charge in [-0.05, 0) is 87.5 Å². The lowest BCUT2D eigenvalue weighted by molar-refractivity contribution is -0.131. The maximum atomic E-state index is 11.9. The molecule has 0 radical (unpaired) electrons. The molecule has 0 saturated carbocycles. The number of carbonyl (C=O) groups excluding carboxylic acids is 4. The van der Waals surface area contributed by atoms with Crippen molar-refractivity contribution in [1.82, 2.24) is 21.7 Å². The van der Waals surface area contributed by atoms with E-state index in [9.17, 15) is 19.2 Å². The van der Waals surface area contributed by atoms with Gasteiger partial charge in [-0.2, -0.15) is 0 Å². The summed E-state index contributed by atoms with van der Waals surface area (Å²) in [5, 5.41) is 0. The van der Waals surface area contributed by atoms with Crippen LogP contribution in [0.5, 0.6) is 11.5 Å². The Morgan fingerprint density at radius 3 is 1.32 bits per heavy atom. The van der Waals surface area contributed by atoms with Gasteiger partial charge in [-0.3, -0.25) is 40.9 Å². The normalized spacial score (nSPS) is 10.3. The van der Waals surface area contributed by atoms with Crippen LogP contribution >= 0.6 is 63.7 Å². The third kappa shape index (κ3) is 11.0. The summed E-state index contributed by atoms with van der Waals surface area (Å²) in [6.07, 6.45) is 0.173.